The second kappa shape index (κ2) is 8.94. The van der Waals surface area contributed by atoms with Crippen molar-refractivity contribution in [3.63, 3.8) is 0 Å². The maximum absolute atomic E-state index is 12.7. The van der Waals surface area contributed by atoms with E-state index in [1.807, 2.05) is 18.2 Å². The highest BCUT2D eigenvalue weighted by molar-refractivity contribution is 8.26. The molecule has 1 aliphatic carbocycles. The SMILES string of the molecule is COc1ccc2cc(N3c4ccc(C=C5SC(=S)N(CC(=O)O)C5=O)cc4C4CCCC43)ccc2c1. The fourth-order valence-electron chi connectivity index (χ4n) is 5.71. The van der Waals surface area contributed by atoms with E-state index in [-0.39, 0.29) is 10.2 Å². The van der Waals surface area contributed by atoms with E-state index < -0.39 is 12.5 Å². The number of nitrogens with zero attached hydrogens (tertiary/aromatic N) is 2. The van der Waals surface area contributed by atoms with Gasteiger partial charge in [0.05, 0.1) is 12.0 Å². The number of benzene rings is 3. The Hall–Kier alpha value is -3.36. The zero-order chi connectivity index (χ0) is 25.0. The van der Waals surface area contributed by atoms with E-state index in [1.165, 1.54) is 28.7 Å². The Morgan fingerprint density at radius 1 is 1.14 bits per heavy atom. The first-order chi connectivity index (χ1) is 17.4. The van der Waals surface area contributed by atoms with Crippen LogP contribution in [0.3, 0.4) is 0 Å². The third-order valence-electron chi connectivity index (χ3n) is 7.30. The minimum atomic E-state index is -1.08. The average Bonchev–Trinajstić information content (AvgIpc) is 3.53. The second-order valence-electron chi connectivity index (χ2n) is 9.35. The Morgan fingerprint density at radius 2 is 1.94 bits per heavy atom. The quantitative estimate of drug-likeness (QED) is 0.333. The lowest BCUT2D eigenvalue weighted by Crippen LogP contribution is -2.33. The maximum atomic E-state index is 12.7. The molecule has 3 aromatic rings. The normalized spacial score (nSPS) is 22.0. The fourth-order valence-corrected chi connectivity index (χ4v) is 6.97. The number of rotatable bonds is 5. The number of ether oxygens (including phenoxy) is 1. The first-order valence-electron chi connectivity index (χ1n) is 11.9. The number of aliphatic carboxylic acids is 1. The maximum Gasteiger partial charge on any atom is 0.323 e. The summed E-state index contributed by atoms with van der Waals surface area (Å²) in [4.78, 5) is 27.9. The third-order valence-corrected chi connectivity index (χ3v) is 8.67. The number of thiocarbonyl (C=S) groups is 1. The van der Waals surface area contributed by atoms with Crippen LogP contribution in [0.4, 0.5) is 11.4 Å². The van der Waals surface area contributed by atoms with E-state index in [2.05, 4.69) is 47.4 Å². The highest BCUT2D eigenvalue weighted by Gasteiger charge is 2.42. The van der Waals surface area contributed by atoms with Gasteiger partial charge >= 0.3 is 5.97 Å². The van der Waals surface area contributed by atoms with Gasteiger partial charge in [-0.05, 0) is 77.2 Å². The predicted molar refractivity (Wildman–Crippen MR) is 147 cm³/mol. The third kappa shape index (κ3) is 3.85. The number of anilines is 2. The Morgan fingerprint density at radius 3 is 2.75 bits per heavy atom. The zero-order valence-electron chi connectivity index (χ0n) is 19.6. The standard InChI is InChI=1S/C28H24N2O4S2/c1-34-20-9-7-17-13-19(8-6-18(17)14-20)30-23-4-2-3-21(23)22-11-16(5-10-24(22)30)12-25-27(33)29(15-26(31)32)28(35)36-25/h5-14,21,23H,2-4,15H2,1H3,(H,31,32). The van der Waals surface area contributed by atoms with Crippen LogP contribution in [-0.2, 0) is 9.59 Å². The summed E-state index contributed by atoms with van der Waals surface area (Å²) in [6.45, 7) is -0.413. The average molecular weight is 517 g/mol. The van der Waals surface area contributed by atoms with Crippen LogP contribution >= 0.6 is 24.0 Å². The molecule has 1 amide bonds. The molecular weight excluding hydrogens is 492 g/mol. The van der Waals surface area contributed by atoms with Crippen molar-refractivity contribution < 1.29 is 19.4 Å². The van der Waals surface area contributed by atoms with E-state index in [9.17, 15) is 9.59 Å². The number of carbonyl (C=O) groups excluding carboxylic acids is 1. The minimum absolute atomic E-state index is 0.283. The number of thioether (sulfide) groups is 1. The summed E-state index contributed by atoms with van der Waals surface area (Å²) in [6, 6.07) is 19.5. The number of methoxy groups -OCH3 is 1. The van der Waals surface area contributed by atoms with Crippen LogP contribution in [0.25, 0.3) is 16.8 Å². The highest BCUT2D eigenvalue weighted by atomic mass is 32.2. The Kier molecular flexibility index (Phi) is 5.73. The monoisotopic (exact) mass is 516 g/mol. The molecule has 2 aliphatic heterocycles. The Balaban J connectivity index is 1.35. The number of hydrogen-bond donors (Lipinski definition) is 1. The van der Waals surface area contributed by atoms with Gasteiger partial charge in [-0.2, -0.15) is 0 Å². The van der Waals surface area contributed by atoms with Crippen molar-refractivity contribution in [2.45, 2.75) is 31.2 Å². The number of carboxylic acid groups (broad SMARTS) is 1. The molecule has 1 saturated carbocycles. The molecule has 3 aromatic carbocycles. The molecule has 36 heavy (non-hydrogen) atoms. The van der Waals surface area contributed by atoms with Crippen molar-refractivity contribution in [3.05, 3.63) is 70.6 Å². The summed E-state index contributed by atoms with van der Waals surface area (Å²) in [5.74, 6) is -0.127. The lowest BCUT2D eigenvalue weighted by Gasteiger charge is -2.27. The fraction of sp³-hybridized carbons (Fsp3) is 0.250. The van der Waals surface area contributed by atoms with Crippen molar-refractivity contribution >= 4 is 68.4 Å². The van der Waals surface area contributed by atoms with Gasteiger partial charge in [-0.1, -0.05) is 48.6 Å². The molecule has 182 valence electrons. The van der Waals surface area contributed by atoms with Gasteiger partial charge in [0, 0.05) is 23.3 Å². The van der Waals surface area contributed by atoms with Gasteiger partial charge in [0.2, 0.25) is 0 Å². The Labute approximate surface area is 218 Å². The largest absolute Gasteiger partial charge is 0.497 e. The van der Waals surface area contributed by atoms with E-state index in [0.717, 1.165) is 46.2 Å². The van der Waals surface area contributed by atoms with Crippen LogP contribution in [0, 0.1) is 0 Å². The van der Waals surface area contributed by atoms with Crippen LogP contribution < -0.4 is 9.64 Å². The number of amides is 1. The van der Waals surface area contributed by atoms with Crippen LogP contribution in [-0.4, -0.2) is 45.9 Å². The van der Waals surface area contributed by atoms with Gasteiger partial charge in [0.1, 0.15) is 16.6 Å². The van der Waals surface area contributed by atoms with Gasteiger partial charge in [0.15, 0.2) is 0 Å². The number of fused-ring (bicyclic) bond motifs is 4. The molecule has 2 unspecified atom stereocenters. The molecule has 2 heterocycles. The molecule has 6 rings (SSSR count). The summed E-state index contributed by atoms with van der Waals surface area (Å²) < 4.78 is 5.66. The summed E-state index contributed by atoms with van der Waals surface area (Å²) in [6.07, 6.45) is 5.30. The van der Waals surface area contributed by atoms with Crippen molar-refractivity contribution in [1.29, 1.82) is 0 Å². The molecule has 0 aromatic heterocycles. The zero-order valence-corrected chi connectivity index (χ0v) is 21.3. The lowest BCUT2D eigenvalue weighted by molar-refractivity contribution is -0.140. The summed E-state index contributed by atoms with van der Waals surface area (Å²) in [7, 11) is 1.68. The molecule has 1 saturated heterocycles. The summed E-state index contributed by atoms with van der Waals surface area (Å²) >= 11 is 6.40. The number of carboxylic acids is 1. The van der Waals surface area contributed by atoms with Crippen LogP contribution in [0.5, 0.6) is 5.75 Å². The van der Waals surface area contributed by atoms with E-state index >= 15 is 0 Å². The van der Waals surface area contributed by atoms with Crippen molar-refractivity contribution in [1.82, 2.24) is 4.90 Å². The molecule has 0 spiro atoms. The highest BCUT2D eigenvalue weighted by Crippen LogP contribution is 2.53. The number of carbonyl (C=O) groups is 2. The van der Waals surface area contributed by atoms with E-state index in [4.69, 9.17) is 22.1 Å². The molecule has 0 bridgehead atoms. The van der Waals surface area contributed by atoms with E-state index in [1.54, 1.807) is 7.11 Å². The van der Waals surface area contributed by atoms with Gasteiger partial charge in [-0.3, -0.25) is 14.5 Å². The van der Waals surface area contributed by atoms with Gasteiger partial charge in [-0.15, -0.1) is 0 Å². The molecule has 3 aliphatic rings. The topological polar surface area (TPSA) is 70.1 Å². The first kappa shape index (κ1) is 23.1. The van der Waals surface area contributed by atoms with Crippen molar-refractivity contribution in [2.75, 3.05) is 18.6 Å². The second-order valence-corrected chi connectivity index (χ2v) is 11.0. The minimum Gasteiger partial charge on any atom is -0.497 e. The van der Waals surface area contributed by atoms with Crippen molar-refractivity contribution in [3.8, 4) is 5.75 Å². The van der Waals surface area contributed by atoms with Crippen LogP contribution in [0.15, 0.2) is 59.5 Å². The van der Waals surface area contributed by atoms with Gasteiger partial charge in [-0.25, -0.2) is 0 Å². The van der Waals surface area contributed by atoms with Gasteiger partial charge in [0.25, 0.3) is 5.91 Å². The molecule has 2 fully saturated rings. The molecular formula is C28H24N2O4S2. The number of hydrogen-bond acceptors (Lipinski definition) is 6. The molecule has 8 heteroatoms. The van der Waals surface area contributed by atoms with Crippen molar-refractivity contribution in [2.24, 2.45) is 0 Å². The summed E-state index contributed by atoms with van der Waals surface area (Å²) in [5.41, 5.74) is 4.64. The smallest absolute Gasteiger partial charge is 0.323 e. The lowest BCUT2D eigenvalue weighted by atomic mass is 9.96. The first-order valence-corrected chi connectivity index (χ1v) is 13.1. The van der Waals surface area contributed by atoms with Crippen LogP contribution in [0.2, 0.25) is 0 Å². The van der Waals surface area contributed by atoms with E-state index in [0.29, 0.717) is 16.9 Å². The molecule has 6 nitrogen and oxygen atoms in total. The molecule has 1 N–H and O–H groups in total. The Bertz CT molecular complexity index is 1470. The van der Waals surface area contributed by atoms with Crippen LogP contribution in [0.1, 0.15) is 36.3 Å². The summed E-state index contributed by atoms with van der Waals surface area (Å²) in [5, 5.41) is 11.4. The molecule has 0 radical (unpaired) electrons. The van der Waals surface area contributed by atoms with Gasteiger partial charge < -0.3 is 14.7 Å². The molecule has 2 atom stereocenters. The predicted octanol–water partition coefficient (Wildman–Crippen LogP) is 5.92.